The molecule has 0 spiro atoms. The van der Waals surface area contributed by atoms with Crippen LogP contribution in [0, 0.1) is 5.92 Å². The number of benzene rings is 1. The van der Waals surface area contributed by atoms with E-state index in [9.17, 15) is 14.4 Å². The summed E-state index contributed by atoms with van der Waals surface area (Å²) in [4.78, 5) is 42.6. The van der Waals surface area contributed by atoms with Crippen molar-refractivity contribution in [1.82, 2.24) is 9.80 Å². The van der Waals surface area contributed by atoms with Crippen LogP contribution < -0.4 is 5.32 Å². The molecule has 0 saturated carbocycles. The average molecular weight is 416 g/mol. The lowest BCUT2D eigenvalue weighted by molar-refractivity contribution is -0.136. The van der Waals surface area contributed by atoms with Gasteiger partial charge in [-0.15, -0.1) is 11.8 Å². The van der Waals surface area contributed by atoms with Crippen molar-refractivity contribution in [3.05, 3.63) is 23.8 Å². The molecule has 1 atom stereocenters. The molecule has 6 nitrogen and oxygen atoms in total. The number of carbonyl (C=O) groups is 3. The average Bonchev–Trinajstić information content (AvgIpc) is 3.03. The first kappa shape index (κ1) is 20.3. The van der Waals surface area contributed by atoms with Crippen LogP contribution in [0.2, 0.25) is 0 Å². The fraction of sp³-hybridized carbons (Fsp3) is 0.591. The lowest BCUT2D eigenvalue weighted by Gasteiger charge is -2.34. The van der Waals surface area contributed by atoms with E-state index in [1.807, 2.05) is 28.9 Å². The van der Waals surface area contributed by atoms with Gasteiger partial charge in [-0.05, 0) is 50.8 Å². The van der Waals surface area contributed by atoms with Crippen LogP contribution in [-0.2, 0) is 9.59 Å². The van der Waals surface area contributed by atoms with Crippen molar-refractivity contribution in [2.75, 3.05) is 31.5 Å². The number of hydrogen-bond acceptors (Lipinski definition) is 4. The summed E-state index contributed by atoms with van der Waals surface area (Å²) in [6.07, 6.45) is 6.11. The molecule has 3 aliphatic rings. The zero-order chi connectivity index (χ0) is 20.4. The van der Waals surface area contributed by atoms with E-state index in [2.05, 4.69) is 5.32 Å². The van der Waals surface area contributed by atoms with Crippen molar-refractivity contribution in [3.63, 3.8) is 0 Å². The molecule has 3 heterocycles. The van der Waals surface area contributed by atoms with Gasteiger partial charge < -0.3 is 15.1 Å². The van der Waals surface area contributed by atoms with E-state index in [4.69, 9.17) is 0 Å². The Hall–Kier alpha value is -2.02. The van der Waals surface area contributed by atoms with Crippen LogP contribution >= 0.6 is 11.8 Å². The highest BCUT2D eigenvalue weighted by atomic mass is 32.2. The van der Waals surface area contributed by atoms with E-state index < -0.39 is 0 Å². The Labute approximate surface area is 176 Å². The first-order valence-corrected chi connectivity index (χ1v) is 11.6. The second-order valence-electron chi connectivity index (χ2n) is 8.27. The fourth-order valence-corrected chi connectivity index (χ4v) is 5.33. The number of amides is 3. The maximum atomic E-state index is 13.0. The third-order valence-electron chi connectivity index (χ3n) is 6.21. The molecule has 2 saturated heterocycles. The number of anilines is 1. The lowest BCUT2D eigenvalue weighted by atomic mass is 9.94. The molecule has 1 unspecified atom stereocenters. The number of carbonyl (C=O) groups excluding carboxylic acids is 3. The molecule has 1 aromatic carbocycles. The van der Waals surface area contributed by atoms with Gasteiger partial charge in [0.05, 0.1) is 10.9 Å². The van der Waals surface area contributed by atoms with Gasteiger partial charge in [0.1, 0.15) is 0 Å². The Morgan fingerprint density at radius 3 is 2.38 bits per heavy atom. The van der Waals surface area contributed by atoms with Crippen LogP contribution in [0.3, 0.4) is 0 Å². The van der Waals surface area contributed by atoms with Crippen LogP contribution in [0.4, 0.5) is 5.69 Å². The summed E-state index contributed by atoms with van der Waals surface area (Å²) in [7, 11) is 0. The number of fused-ring (bicyclic) bond motifs is 1. The zero-order valence-electron chi connectivity index (χ0n) is 17.0. The Bertz CT molecular complexity index is 796. The molecule has 0 aliphatic carbocycles. The molecule has 29 heavy (non-hydrogen) atoms. The number of thioether (sulfide) groups is 1. The maximum Gasteiger partial charge on any atom is 0.253 e. The van der Waals surface area contributed by atoms with Gasteiger partial charge in [-0.25, -0.2) is 0 Å². The van der Waals surface area contributed by atoms with E-state index in [0.717, 1.165) is 49.4 Å². The molecule has 1 N–H and O–H groups in total. The van der Waals surface area contributed by atoms with Gasteiger partial charge in [-0.3, -0.25) is 14.4 Å². The van der Waals surface area contributed by atoms with Crippen LogP contribution in [0.25, 0.3) is 0 Å². The number of rotatable bonds is 2. The molecule has 0 radical (unpaired) electrons. The predicted molar refractivity (Wildman–Crippen MR) is 114 cm³/mol. The third-order valence-corrected chi connectivity index (χ3v) is 7.38. The minimum atomic E-state index is -0.121. The molecular weight excluding hydrogens is 386 g/mol. The van der Waals surface area contributed by atoms with Gasteiger partial charge in [-0.1, -0.05) is 12.8 Å². The molecule has 0 aromatic heterocycles. The number of nitrogens with one attached hydrogen (secondary N) is 1. The highest BCUT2D eigenvalue weighted by Gasteiger charge is 2.31. The topological polar surface area (TPSA) is 69.7 Å². The minimum Gasteiger partial charge on any atom is -0.342 e. The monoisotopic (exact) mass is 415 g/mol. The second kappa shape index (κ2) is 8.78. The Morgan fingerprint density at radius 2 is 1.69 bits per heavy atom. The van der Waals surface area contributed by atoms with E-state index in [1.165, 1.54) is 24.6 Å². The molecule has 2 fully saturated rings. The van der Waals surface area contributed by atoms with Crippen LogP contribution in [0.1, 0.15) is 55.8 Å². The lowest BCUT2D eigenvalue weighted by Crippen LogP contribution is -2.44. The standard InChI is InChI=1S/C22H29N3O3S/c1-15-20(26)23-18-14-17(6-7-19(18)29-15)22(28)25-12-8-16(9-13-25)21(27)24-10-4-2-3-5-11-24/h6-7,14-16H,2-5,8-13H2,1H3,(H,23,26). The van der Waals surface area contributed by atoms with E-state index in [-0.39, 0.29) is 28.9 Å². The Balaban J connectivity index is 1.36. The fourth-order valence-electron chi connectivity index (χ4n) is 4.40. The van der Waals surface area contributed by atoms with Crippen molar-refractivity contribution in [2.24, 2.45) is 5.92 Å². The molecule has 7 heteroatoms. The van der Waals surface area contributed by atoms with E-state index in [0.29, 0.717) is 18.7 Å². The summed E-state index contributed by atoms with van der Waals surface area (Å²) in [5.74, 6) is 0.269. The summed E-state index contributed by atoms with van der Waals surface area (Å²) in [5.41, 5.74) is 1.31. The minimum absolute atomic E-state index is 0.0219. The van der Waals surface area contributed by atoms with Gasteiger partial charge in [0.2, 0.25) is 11.8 Å². The van der Waals surface area contributed by atoms with E-state index in [1.54, 1.807) is 6.07 Å². The summed E-state index contributed by atoms with van der Waals surface area (Å²) in [6.45, 7) is 4.86. The highest BCUT2D eigenvalue weighted by Crippen LogP contribution is 2.36. The number of piperidine rings is 1. The van der Waals surface area contributed by atoms with Crippen molar-refractivity contribution < 1.29 is 14.4 Å². The van der Waals surface area contributed by atoms with E-state index >= 15 is 0 Å². The molecule has 3 aliphatic heterocycles. The summed E-state index contributed by atoms with van der Waals surface area (Å²) in [6, 6.07) is 5.54. The van der Waals surface area contributed by atoms with Gasteiger partial charge in [0.25, 0.3) is 5.91 Å². The summed E-state index contributed by atoms with van der Waals surface area (Å²) in [5, 5.41) is 2.77. The van der Waals surface area contributed by atoms with Crippen LogP contribution in [0.15, 0.2) is 23.1 Å². The highest BCUT2D eigenvalue weighted by molar-refractivity contribution is 8.00. The largest absolute Gasteiger partial charge is 0.342 e. The smallest absolute Gasteiger partial charge is 0.253 e. The molecule has 3 amide bonds. The first-order valence-electron chi connectivity index (χ1n) is 10.7. The van der Waals surface area contributed by atoms with Crippen molar-refractivity contribution >= 4 is 35.2 Å². The molecular formula is C22H29N3O3S. The van der Waals surface area contributed by atoms with Gasteiger partial charge in [0.15, 0.2) is 0 Å². The normalized spacial score (nSPS) is 23.2. The summed E-state index contributed by atoms with van der Waals surface area (Å²) < 4.78 is 0. The van der Waals surface area contributed by atoms with Crippen molar-refractivity contribution in [3.8, 4) is 0 Å². The van der Waals surface area contributed by atoms with Gasteiger partial charge >= 0.3 is 0 Å². The molecule has 156 valence electrons. The predicted octanol–water partition coefficient (Wildman–Crippen LogP) is 3.37. The molecule has 4 rings (SSSR count). The quantitative estimate of drug-likeness (QED) is 0.804. The SMILES string of the molecule is CC1Sc2ccc(C(=O)N3CCC(C(=O)N4CCCCCC4)CC3)cc2NC1=O. The summed E-state index contributed by atoms with van der Waals surface area (Å²) >= 11 is 1.52. The van der Waals surface area contributed by atoms with Gasteiger partial charge in [-0.2, -0.15) is 0 Å². The Morgan fingerprint density at radius 1 is 1.00 bits per heavy atom. The third kappa shape index (κ3) is 4.44. The number of hydrogen-bond donors (Lipinski definition) is 1. The molecule has 0 bridgehead atoms. The van der Waals surface area contributed by atoms with Crippen molar-refractivity contribution in [1.29, 1.82) is 0 Å². The van der Waals surface area contributed by atoms with Gasteiger partial charge in [0, 0.05) is 42.6 Å². The Kier molecular flexibility index (Phi) is 6.13. The van der Waals surface area contributed by atoms with Crippen LogP contribution in [0.5, 0.6) is 0 Å². The first-order chi connectivity index (χ1) is 14.0. The number of nitrogens with zero attached hydrogens (tertiary/aromatic N) is 2. The van der Waals surface area contributed by atoms with Crippen LogP contribution in [-0.4, -0.2) is 59.0 Å². The molecule has 1 aromatic rings. The zero-order valence-corrected chi connectivity index (χ0v) is 17.8. The second-order valence-corrected chi connectivity index (χ2v) is 9.65. The number of likely N-dealkylation sites (tertiary alicyclic amines) is 2. The maximum absolute atomic E-state index is 13.0. The van der Waals surface area contributed by atoms with Crippen molar-refractivity contribution in [2.45, 2.75) is 55.6 Å².